The van der Waals surface area contributed by atoms with Crippen molar-refractivity contribution in [3.63, 3.8) is 0 Å². The monoisotopic (exact) mass is 229 g/mol. The molecule has 1 aliphatic rings. The van der Waals surface area contributed by atoms with Gasteiger partial charge in [0.05, 0.1) is 0 Å². The lowest BCUT2D eigenvalue weighted by molar-refractivity contribution is 0.442. The molecule has 92 valence electrons. The highest BCUT2D eigenvalue weighted by atomic mass is 14.7. The highest BCUT2D eigenvalue weighted by Gasteiger charge is 2.24. The second-order valence-corrected chi connectivity index (χ2v) is 5.36. The second-order valence-electron chi connectivity index (χ2n) is 5.36. The van der Waals surface area contributed by atoms with Gasteiger partial charge in [0.15, 0.2) is 0 Å². The quantitative estimate of drug-likeness (QED) is 0.781. The van der Waals surface area contributed by atoms with Crippen LogP contribution in [0, 0.1) is 0 Å². The van der Waals surface area contributed by atoms with Crippen LogP contribution in [0.3, 0.4) is 0 Å². The highest BCUT2D eigenvalue weighted by molar-refractivity contribution is 5.33. The number of aryl methyl sites for hydroxylation is 1. The third-order valence-electron chi connectivity index (χ3n) is 3.84. The zero-order chi connectivity index (χ0) is 12.3. The fourth-order valence-electron chi connectivity index (χ4n) is 2.85. The topological polar surface area (TPSA) is 26.0 Å². The van der Waals surface area contributed by atoms with E-state index >= 15 is 0 Å². The molecule has 0 bridgehead atoms. The van der Waals surface area contributed by atoms with E-state index in [0.29, 0.717) is 5.92 Å². The number of rotatable bonds is 4. The van der Waals surface area contributed by atoms with Crippen LogP contribution in [0.25, 0.3) is 0 Å². The lowest BCUT2D eigenvalue weighted by Crippen LogP contribution is -2.31. The fraction of sp³-hybridized carbons (Fsp3) is 0.500. The molecule has 2 rings (SSSR count). The lowest BCUT2D eigenvalue weighted by atomic mass is 9.77. The Kier molecular flexibility index (Phi) is 4.01. The van der Waals surface area contributed by atoms with Crippen molar-refractivity contribution in [2.45, 2.75) is 51.0 Å². The van der Waals surface area contributed by atoms with E-state index in [0.717, 1.165) is 12.8 Å². The van der Waals surface area contributed by atoms with Crippen LogP contribution in [0.5, 0.6) is 0 Å². The molecule has 0 fully saturated rings. The summed E-state index contributed by atoms with van der Waals surface area (Å²) in [6.07, 6.45) is 5.87. The molecule has 0 aromatic heterocycles. The molecule has 1 aromatic rings. The van der Waals surface area contributed by atoms with Gasteiger partial charge in [0, 0.05) is 6.04 Å². The molecule has 2 atom stereocenters. The molecule has 2 unspecified atom stereocenters. The van der Waals surface area contributed by atoms with E-state index in [1.165, 1.54) is 36.0 Å². The molecule has 2 N–H and O–H groups in total. The van der Waals surface area contributed by atoms with Gasteiger partial charge in [0.25, 0.3) is 0 Å². The summed E-state index contributed by atoms with van der Waals surface area (Å²) in [5.74, 6) is 0.555. The average Bonchev–Trinajstić information content (AvgIpc) is 2.35. The summed E-state index contributed by atoms with van der Waals surface area (Å²) >= 11 is 0. The molecule has 0 saturated heterocycles. The van der Waals surface area contributed by atoms with Gasteiger partial charge in [-0.2, -0.15) is 0 Å². The van der Waals surface area contributed by atoms with Gasteiger partial charge in [-0.1, -0.05) is 29.8 Å². The molecule has 0 saturated carbocycles. The Morgan fingerprint density at radius 3 is 3.00 bits per heavy atom. The van der Waals surface area contributed by atoms with Gasteiger partial charge in [-0.15, -0.1) is 6.58 Å². The van der Waals surface area contributed by atoms with Crippen LogP contribution in [0.4, 0.5) is 0 Å². The van der Waals surface area contributed by atoms with Gasteiger partial charge in [-0.3, -0.25) is 0 Å². The standard InChI is InChI=1S/C16H23N/c1-12(2)10-11-16(17)15-9-5-7-13-6-3-4-8-14(13)15/h3-4,6,8,15-16H,1,5,7,9-11,17H2,2H3. The first-order chi connectivity index (χ1) is 8.18. The van der Waals surface area contributed by atoms with Crippen LogP contribution in [0.2, 0.25) is 0 Å². The molecule has 17 heavy (non-hydrogen) atoms. The lowest BCUT2D eigenvalue weighted by Gasteiger charge is -2.30. The predicted molar refractivity (Wildman–Crippen MR) is 74.1 cm³/mol. The summed E-state index contributed by atoms with van der Waals surface area (Å²) in [5, 5.41) is 0. The summed E-state index contributed by atoms with van der Waals surface area (Å²) in [6.45, 7) is 6.05. The van der Waals surface area contributed by atoms with E-state index in [4.69, 9.17) is 5.73 Å². The first-order valence-corrected chi connectivity index (χ1v) is 6.66. The first kappa shape index (κ1) is 12.4. The van der Waals surface area contributed by atoms with Gasteiger partial charge in [0.2, 0.25) is 0 Å². The molecular formula is C16H23N. The van der Waals surface area contributed by atoms with Crippen LogP contribution in [0.15, 0.2) is 36.4 Å². The largest absolute Gasteiger partial charge is 0.327 e. The third-order valence-corrected chi connectivity index (χ3v) is 3.84. The van der Waals surface area contributed by atoms with Crippen molar-refractivity contribution in [2.75, 3.05) is 0 Å². The molecule has 0 aliphatic heterocycles. The van der Waals surface area contributed by atoms with Crippen molar-refractivity contribution in [3.8, 4) is 0 Å². The van der Waals surface area contributed by atoms with E-state index in [1.54, 1.807) is 0 Å². The van der Waals surface area contributed by atoms with Gasteiger partial charge in [-0.05, 0) is 56.1 Å². The number of benzene rings is 1. The second kappa shape index (κ2) is 5.50. The molecule has 1 nitrogen and oxygen atoms in total. The summed E-state index contributed by atoms with van der Waals surface area (Å²) in [6, 6.07) is 9.09. The number of hydrogen-bond acceptors (Lipinski definition) is 1. The molecule has 0 spiro atoms. The van der Waals surface area contributed by atoms with Crippen molar-refractivity contribution in [2.24, 2.45) is 5.73 Å². The third kappa shape index (κ3) is 2.98. The average molecular weight is 229 g/mol. The number of fused-ring (bicyclic) bond motifs is 1. The van der Waals surface area contributed by atoms with Crippen LogP contribution in [-0.4, -0.2) is 6.04 Å². The van der Waals surface area contributed by atoms with E-state index in [9.17, 15) is 0 Å². The minimum atomic E-state index is 0.285. The Bertz CT molecular complexity index is 394. The van der Waals surface area contributed by atoms with E-state index in [2.05, 4.69) is 37.8 Å². The maximum atomic E-state index is 6.37. The predicted octanol–water partition coefficient (Wildman–Crippen LogP) is 3.79. The Labute approximate surface area is 105 Å². The maximum absolute atomic E-state index is 6.37. The molecule has 1 aliphatic carbocycles. The van der Waals surface area contributed by atoms with Gasteiger partial charge in [-0.25, -0.2) is 0 Å². The Morgan fingerprint density at radius 2 is 2.24 bits per heavy atom. The van der Waals surface area contributed by atoms with Gasteiger partial charge in [0.1, 0.15) is 0 Å². The first-order valence-electron chi connectivity index (χ1n) is 6.66. The molecule has 0 heterocycles. The van der Waals surface area contributed by atoms with Crippen molar-refractivity contribution in [1.82, 2.24) is 0 Å². The normalized spacial score (nSPS) is 20.7. The summed E-state index contributed by atoms with van der Waals surface area (Å²) in [5.41, 5.74) is 10.6. The van der Waals surface area contributed by atoms with Crippen molar-refractivity contribution in [1.29, 1.82) is 0 Å². The van der Waals surface area contributed by atoms with Crippen LogP contribution in [-0.2, 0) is 6.42 Å². The molecule has 1 aromatic carbocycles. The minimum absolute atomic E-state index is 0.285. The molecule has 1 heteroatoms. The zero-order valence-electron chi connectivity index (χ0n) is 10.8. The molecular weight excluding hydrogens is 206 g/mol. The van der Waals surface area contributed by atoms with E-state index in [-0.39, 0.29) is 6.04 Å². The van der Waals surface area contributed by atoms with Crippen LogP contribution < -0.4 is 5.73 Å². The summed E-state index contributed by atoms with van der Waals surface area (Å²) in [4.78, 5) is 0. The van der Waals surface area contributed by atoms with Gasteiger partial charge >= 0.3 is 0 Å². The summed E-state index contributed by atoms with van der Waals surface area (Å²) in [7, 11) is 0. The maximum Gasteiger partial charge on any atom is 0.0111 e. The smallest absolute Gasteiger partial charge is 0.0111 e. The Morgan fingerprint density at radius 1 is 1.47 bits per heavy atom. The minimum Gasteiger partial charge on any atom is -0.327 e. The highest BCUT2D eigenvalue weighted by Crippen LogP contribution is 2.34. The van der Waals surface area contributed by atoms with E-state index in [1.807, 2.05) is 0 Å². The van der Waals surface area contributed by atoms with Crippen LogP contribution >= 0.6 is 0 Å². The van der Waals surface area contributed by atoms with Crippen LogP contribution in [0.1, 0.15) is 49.7 Å². The van der Waals surface area contributed by atoms with E-state index < -0.39 is 0 Å². The Hall–Kier alpha value is -1.08. The zero-order valence-corrected chi connectivity index (χ0v) is 10.8. The molecule has 0 radical (unpaired) electrons. The number of allylic oxidation sites excluding steroid dienone is 1. The number of nitrogens with two attached hydrogens (primary N) is 1. The van der Waals surface area contributed by atoms with Crippen molar-refractivity contribution in [3.05, 3.63) is 47.5 Å². The summed E-state index contributed by atoms with van der Waals surface area (Å²) < 4.78 is 0. The number of hydrogen-bond donors (Lipinski definition) is 1. The fourth-order valence-corrected chi connectivity index (χ4v) is 2.85. The van der Waals surface area contributed by atoms with Gasteiger partial charge < -0.3 is 5.73 Å². The SMILES string of the molecule is C=C(C)CCC(N)C1CCCc2ccccc21. The van der Waals surface area contributed by atoms with Crippen molar-refractivity contribution < 1.29 is 0 Å². The Balaban J connectivity index is 2.09. The van der Waals surface area contributed by atoms with Crippen molar-refractivity contribution >= 4 is 0 Å². The molecule has 0 amide bonds.